The van der Waals surface area contributed by atoms with E-state index < -0.39 is 11.4 Å². The van der Waals surface area contributed by atoms with E-state index in [-0.39, 0.29) is 12.5 Å². The maximum atomic E-state index is 12.7. The van der Waals surface area contributed by atoms with Crippen LogP contribution in [0.5, 0.6) is 5.88 Å². The zero-order valence-corrected chi connectivity index (χ0v) is 16.5. The SMILES string of the molecule is Cc1ncccc1COc1ncc(Cl)cc1N[S+]([O-])c1cc2ccccc2o1. The fourth-order valence-electron chi connectivity index (χ4n) is 2.63. The van der Waals surface area contributed by atoms with Crippen molar-refractivity contribution in [2.45, 2.75) is 18.6 Å². The van der Waals surface area contributed by atoms with Gasteiger partial charge >= 0.3 is 5.09 Å². The summed E-state index contributed by atoms with van der Waals surface area (Å²) >= 11 is 4.42. The first-order chi connectivity index (χ1) is 13.6. The van der Waals surface area contributed by atoms with Crippen LogP contribution in [0.1, 0.15) is 11.3 Å². The van der Waals surface area contributed by atoms with Crippen LogP contribution >= 0.6 is 11.6 Å². The number of hydrogen-bond donors (Lipinski definition) is 1. The molecule has 3 heterocycles. The molecule has 0 aliphatic rings. The number of nitrogens with one attached hydrogen (secondary N) is 1. The molecule has 0 saturated heterocycles. The molecular weight excluding hydrogens is 398 g/mol. The van der Waals surface area contributed by atoms with Gasteiger partial charge in [-0.05, 0) is 25.1 Å². The van der Waals surface area contributed by atoms with Crippen molar-refractivity contribution in [3.8, 4) is 5.88 Å². The highest BCUT2D eigenvalue weighted by Gasteiger charge is 2.21. The van der Waals surface area contributed by atoms with Crippen LogP contribution in [-0.2, 0) is 18.0 Å². The van der Waals surface area contributed by atoms with E-state index in [4.69, 9.17) is 20.8 Å². The van der Waals surface area contributed by atoms with E-state index in [1.54, 1.807) is 18.3 Å². The second-order valence-electron chi connectivity index (χ2n) is 6.02. The number of fused-ring (bicyclic) bond motifs is 1. The van der Waals surface area contributed by atoms with Gasteiger partial charge in [0.05, 0.1) is 5.02 Å². The van der Waals surface area contributed by atoms with E-state index in [0.717, 1.165) is 16.6 Å². The molecule has 3 aromatic heterocycles. The molecule has 4 rings (SSSR count). The Labute approximate surface area is 169 Å². The molecule has 142 valence electrons. The van der Waals surface area contributed by atoms with Crippen LogP contribution in [0.2, 0.25) is 5.02 Å². The van der Waals surface area contributed by atoms with Crippen LogP contribution in [0.25, 0.3) is 11.0 Å². The number of para-hydroxylation sites is 1. The highest BCUT2D eigenvalue weighted by atomic mass is 35.5. The summed E-state index contributed by atoms with van der Waals surface area (Å²) in [5.41, 5.74) is 2.88. The van der Waals surface area contributed by atoms with Crippen molar-refractivity contribution in [1.29, 1.82) is 0 Å². The summed E-state index contributed by atoms with van der Waals surface area (Å²) in [5.74, 6) is 0.289. The number of furan rings is 1. The summed E-state index contributed by atoms with van der Waals surface area (Å²) in [6, 6.07) is 14.6. The van der Waals surface area contributed by atoms with Gasteiger partial charge < -0.3 is 13.7 Å². The van der Waals surface area contributed by atoms with Gasteiger partial charge in [-0.15, -0.1) is 0 Å². The van der Waals surface area contributed by atoms with Gasteiger partial charge in [-0.1, -0.05) is 35.9 Å². The lowest BCUT2D eigenvalue weighted by Crippen LogP contribution is -2.14. The number of halogens is 1. The smallest absolute Gasteiger partial charge is 0.339 e. The lowest BCUT2D eigenvalue weighted by molar-refractivity contribution is 0.294. The summed E-state index contributed by atoms with van der Waals surface area (Å²) in [4.78, 5) is 8.45. The van der Waals surface area contributed by atoms with E-state index >= 15 is 0 Å². The molecule has 0 fully saturated rings. The maximum absolute atomic E-state index is 12.7. The molecule has 4 aromatic rings. The fraction of sp³-hybridized carbons (Fsp3) is 0.100. The first kappa shape index (κ1) is 18.6. The van der Waals surface area contributed by atoms with Gasteiger partial charge in [0, 0.05) is 35.1 Å². The first-order valence-electron chi connectivity index (χ1n) is 8.46. The van der Waals surface area contributed by atoms with Crippen molar-refractivity contribution >= 4 is 39.6 Å². The summed E-state index contributed by atoms with van der Waals surface area (Å²) in [5, 5.41) is 1.57. The topological polar surface area (TPSA) is 83.2 Å². The number of pyridine rings is 2. The molecule has 0 saturated carbocycles. The predicted octanol–water partition coefficient (Wildman–Crippen LogP) is 4.90. The largest absolute Gasteiger partial charge is 0.585 e. The van der Waals surface area contributed by atoms with Crippen LogP contribution in [-0.4, -0.2) is 14.5 Å². The molecule has 0 bridgehead atoms. The maximum Gasteiger partial charge on any atom is 0.339 e. The number of rotatable bonds is 6. The Morgan fingerprint density at radius 1 is 1.18 bits per heavy atom. The molecule has 0 aliphatic carbocycles. The Balaban J connectivity index is 1.55. The van der Waals surface area contributed by atoms with Gasteiger partial charge in [0.25, 0.3) is 0 Å². The molecule has 8 heteroatoms. The number of benzene rings is 1. The van der Waals surface area contributed by atoms with E-state index in [9.17, 15) is 4.55 Å². The summed E-state index contributed by atoms with van der Waals surface area (Å²) < 4.78 is 27.1. The third-order valence-corrected chi connectivity index (χ3v) is 5.27. The van der Waals surface area contributed by atoms with Crippen molar-refractivity contribution in [1.82, 2.24) is 9.97 Å². The molecule has 1 N–H and O–H groups in total. The molecular formula is C20H16ClN3O3S. The fourth-order valence-corrected chi connectivity index (χ4v) is 3.63. The molecule has 1 unspecified atom stereocenters. The van der Waals surface area contributed by atoms with Crippen molar-refractivity contribution in [2.24, 2.45) is 0 Å². The van der Waals surface area contributed by atoms with Gasteiger partial charge in [-0.25, -0.2) is 4.98 Å². The number of ether oxygens (including phenoxy) is 1. The van der Waals surface area contributed by atoms with E-state index in [1.165, 1.54) is 6.20 Å². The standard InChI is InChI=1S/C20H16ClN3O3S/c1-13-15(6-4-8-22-13)12-26-20-17(10-16(21)11-23-20)24-28(25)19-9-14-5-2-3-7-18(14)27-19/h2-11,24H,12H2,1H3. The minimum atomic E-state index is -1.65. The summed E-state index contributed by atoms with van der Waals surface area (Å²) in [6.07, 6.45) is 3.20. The van der Waals surface area contributed by atoms with Gasteiger partial charge in [0.15, 0.2) is 0 Å². The molecule has 28 heavy (non-hydrogen) atoms. The summed E-state index contributed by atoms with van der Waals surface area (Å²) in [6.45, 7) is 2.18. The summed E-state index contributed by atoms with van der Waals surface area (Å²) in [7, 11) is 0. The number of aryl methyl sites for hydroxylation is 1. The van der Waals surface area contributed by atoms with Crippen molar-refractivity contribution in [2.75, 3.05) is 4.72 Å². The number of anilines is 1. The van der Waals surface area contributed by atoms with Crippen molar-refractivity contribution in [3.05, 3.63) is 77.2 Å². The normalized spacial score (nSPS) is 12.1. The molecule has 6 nitrogen and oxygen atoms in total. The van der Waals surface area contributed by atoms with Crippen LogP contribution < -0.4 is 9.46 Å². The van der Waals surface area contributed by atoms with Gasteiger partial charge in [0.2, 0.25) is 5.88 Å². The van der Waals surface area contributed by atoms with Gasteiger partial charge in [0.1, 0.15) is 29.2 Å². The number of aromatic nitrogens is 2. The van der Waals surface area contributed by atoms with Gasteiger partial charge in [-0.3, -0.25) is 4.98 Å². The van der Waals surface area contributed by atoms with Crippen molar-refractivity contribution < 1.29 is 13.7 Å². The lowest BCUT2D eigenvalue weighted by Gasteiger charge is -2.13. The second-order valence-corrected chi connectivity index (χ2v) is 7.60. The highest BCUT2D eigenvalue weighted by Crippen LogP contribution is 2.30. The van der Waals surface area contributed by atoms with E-state index in [2.05, 4.69) is 14.7 Å². The average molecular weight is 414 g/mol. The Bertz CT molecular complexity index is 1090. The highest BCUT2D eigenvalue weighted by molar-refractivity contribution is 7.92. The third kappa shape index (κ3) is 4.06. The number of hydrogen-bond acceptors (Lipinski definition) is 6. The molecule has 1 aromatic carbocycles. The Hall–Kier alpha value is -2.74. The number of nitrogens with zero attached hydrogens (tertiary/aromatic N) is 2. The Morgan fingerprint density at radius 3 is 2.86 bits per heavy atom. The second kappa shape index (κ2) is 8.10. The molecule has 1 atom stereocenters. The van der Waals surface area contributed by atoms with Crippen molar-refractivity contribution in [3.63, 3.8) is 0 Å². The minimum absolute atomic E-state index is 0.278. The Kier molecular flexibility index (Phi) is 5.38. The lowest BCUT2D eigenvalue weighted by atomic mass is 10.2. The minimum Gasteiger partial charge on any atom is -0.585 e. The van der Waals surface area contributed by atoms with E-state index in [1.807, 2.05) is 43.3 Å². The molecule has 0 amide bonds. The molecule has 0 spiro atoms. The first-order valence-corrected chi connectivity index (χ1v) is 9.99. The molecule has 0 radical (unpaired) electrons. The zero-order chi connectivity index (χ0) is 19.5. The quantitative estimate of drug-likeness (QED) is 0.453. The molecule has 0 aliphatic heterocycles. The monoisotopic (exact) mass is 413 g/mol. The van der Waals surface area contributed by atoms with Gasteiger partial charge in [-0.2, -0.15) is 4.72 Å². The van der Waals surface area contributed by atoms with Crippen LogP contribution in [0.15, 0.2) is 70.4 Å². The van der Waals surface area contributed by atoms with Crippen LogP contribution in [0.4, 0.5) is 5.69 Å². The third-order valence-electron chi connectivity index (χ3n) is 4.09. The van der Waals surface area contributed by atoms with Crippen LogP contribution in [0.3, 0.4) is 0 Å². The van der Waals surface area contributed by atoms with Crippen LogP contribution in [0, 0.1) is 6.92 Å². The Morgan fingerprint density at radius 2 is 2.04 bits per heavy atom. The predicted molar refractivity (Wildman–Crippen MR) is 109 cm³/mol. The van der Waals surface area contributed by atoms with E-state index in [0.29, 0.717) is 21.4 Å². The zero-order valence-electron chi connectivity index (χ0n) is 14.9. The average Bonchev–Trinajstić information content (AvgIpc) is 3.13.